The molecule has 20 heavy (non-hydrogen) atoms. The van der Waals surface area contributed by atoms with Crippen LogP contribution in [0, 0.1) is 5.92 Å². The zero-order valence-corrected chi connectivity index (χ0v) is 12.9. The highest BCUT2D eigenvalue weighted by atomic mass is 16.5. The van der Waals surface area contributed by atoms with Crippen molar-refractivity contribution in [2.75, 3.05) is 31.6 Å². The molecule has 1 aromatic rings. The molecular weight excluding hydrogens is 250 g/mol. The van der Waals surface area contributed by atoms with Gasteiger partial charge in [-0.3, -0.25) is 0 Å². The normalized spacial score (nSPS) is 17.4. The van der Waals surface area contributed by atoms with Crippen molar-refractivity contribution >= 4 is 5.69 Å². The molecule has 2 heterocycles. The Labute approximate surface area is 122 Å². The molecule has 4 heteroatoms. The molecule has 0 radical (unpaired) electrons. The van der Waals surface area contributed by atoms with E-state index in [-0.39, 0.29) is 0 Å². The number of hydrogen-bond acceptors (Lipinski definition) is 4. The predicted molar refractivity (Wildman–Crippen MR) is 83.3 cm³/mol. The van der Waals surface area contributed by atoms with Crippen LogP contribution in [0.3, 0.4) is 0 Å². The summed E-state index contributed by atoms with van der Waals surface area (Å²) in [6.07, 6.45) is 4.28. The molecule has 1 fully saturated rings. The van der Waals surface area contributed by atoms with Crippen molar-refractivity contribution in [3.8, 4) is 5.88 Å². The van der Waals surface area contributed by atoms with Crippen molar-refractivity contribution in [1.82, 2.24) is 9.88 Å². The zero-order chi connectivity index (χ0) is 14.4. The fourth-order valence-corrected chi connectivity index (χ4v) is 2.71. The third-order valence-corrected chi connectivity index (χ3v) is 3.61. The van der Waals surface area contributed by atoms with E-state index >= 15 is 0 Å². The van der Waals surface area contributed by atoms with E-state index < -0.39 is 0 Å². The minimum absolute atomic E-state index is 0.568. The van der Waals surface area contributed by atoms with Gasteiger partial charge in [-0.05, 0) is 31.7 Å². The topological polar surface area (TPSA) is 37.4 Å². The van der Waals surface area contributed by atoms with Crippen molar-refractivity contribution in [1.29, 1.82) is 0 Å². The number of likely N-dealkylation sites (tertiary alicyclic amines) is 1. The van der Waals surface area contributed by atoms with Crippen LogP contribution < -0.4 is 10.1 Å². The van der Waals surface area contributed by atoms with Crippen LogP contribution in [-0.2, 0) is 0 Å². The third-order valence-electron chi connectivity index (χ3n) is 3.61. The van der Waals surface area contributed by atoms with Crippen LogP contribution in [0.5, 0.6) is 5.88 Å². The van der Waals surface area contributed by atoms with Gasteiger partial charge in [-0.25, -0.2) is 4.98 Å². The van der Waals surface area contributed by atoms with Crippen LogP contribution >= 0.6 is 0 Å². The van der Waals surface area contributed by atoms with Crippen molar-refractivity contribution in [2.45, 2.75) is 39.7 Å². The van der Waals surface area contributed by atoms with Gasteiger partial charge in [-0.1, -0.05) is 13.8 Å². The van der Waals surface area contributed by atoms with E-state index in [9.17, 15) is 0 Å². The first-order valence-corrected chi connectivity index (χ1v) is 7.75. The molecule has 1 N–H and O–H groups in total. The van der Waals surface area contributed by atoms with Crippen LogP contribution in [0.25, 0.3) is 0 Å². The number of ether oxygens (including phenoxy) is 1. The highest BCUT2D eigenvalue weighted by Gasteiger charge is 2.19. The standard InChI is InChI=1S/C16H27N3O/c1-4-20-16-6-5-15(11-17-16)18-14-7-9-19(10-8-14)12-13(2)3/h5-6,11,13-14,18H,4,7-10,12H2,1-3H3. The number of nitrogens with zero attached hydrogens (tertiary/aromatic N) is 2. The lowest BCUT2D eigenvalue weighted by atomic mass is 10.0. The number of pyridine rings is 1. The number of anilines is 1. The lowest BCUT2D eigenvalue weighted by molar-refractivity contribution is 0.198. The maximum absolute atomic E-state index is 5.36. The summed E-state index contributed by atoms with van der Waals surface area (Å²) in [6, 6.07) is 4.55. The summed E-state index contributed by atoms with van der Waals surface area (Å²) in [4.78, 5) is 6.86. The molecule has 0 bridgehead atoms. The highest BCUT2D eigenvalue weighted by molar-refractivity contribution is 5.43. The first-order valence-electron chi connectivity index (χ1n) is 7.75. The van der Waals surface area contributed by atoms with E-state index in [2.05, 4.69) is 35.1 Å². The molecule has 4 nitrogen and oxygen atoms in total. The summed E-state index contributed by atoms with van der Waals surface area (Å²) in [5.74, 6) is 1.46. The molecule has 0 spiro atoms. The lowest BCUT2D eigenvalue weighted by Gasteiger charge is -2.33. The number of rotatable bonds is 6. The summed E-state index contributed by atoms with van der Waals surface area (Å²) < 4.78 is 5.36. The number of hydrogen-bond donors (Lipinski definition) is 1. The highest BCUT2D eigenvalue weighted by Crippen LogP contribution is 2.18. The SMILES string of the molecule is CCOc1ccc(NC2CCN(CC(C)C)CC2)cn1. The molecule has 112 valence electrons. The summed E-state index contributed by atoms with van der Waals surface area (Å²) in [6.45, 7) is 10.8. The Morgan fingerprint density at radius 3 is 2.65 bits per heavy atom. The maximum atomic E-state index is 5.36. The van der Waals surface area contributed by atoms with Gasteiger partial charge < -0.3 is 15.0 Å². The number of aromatic nitrogens is 1. The third kappa shape index (κ3) is 4.67. The van der Waals surface area contributed by atoms with Crippen LogP contribution in [0.4, 0.5) is 5.69 Å². The monoisotopic (exact) mass is 277 g/mol. The van der Waals surface area contributed by atoms with Gasteiger partial charge in [-0.15, -0.1) is 0 Å². The average molecular weight is 277 g/mol. The molecule has 1 saturated heterocycles. The summed E-state index contributed by atoms with van der Waals surface area (Å²) in [5.41, 5.74) is 1.09. The van der Waals surface area contributed by atoms with Gasteiger partial charge in [0.25, 0.3) is 0 Å². The Kier molecular flexibility index (Phi) is 5.65. The fraction of sp³-hybridized carbons (Fsp3) is 0.688. The van der Waals surface area contributed by atoms with Crippen LogP contribution in [0.15, 0.2) is 18.3 Å². The Morgan fingerprint density at radius 1 is 1.35 bits per heavy atom. The smallest absolute Gasteiger partial charge is 0.213 e. The number of piperidine rings is 1. The van der Waals surface area contributed by atoms with Crippen molar-refractivity contribution in [3.63, 3.8) is 0 Å². The summed E-state index contributed by atoms with van der Waals surface area (Å²) in [7, 11) is 0. The largest absolute Gasteiger partial charge is 0.478 e. The Morgan fingerprint density at radius 2 is 2.10 bits per heavy atom. The van der Waals surface area contributed by atoms with Gasteiger partial charge in [0.2, 0.25) is 5.88 Å². The minimum atomic E-state index is 0.568. The van der Waals surface area contributed by atoms with Gasteiger partial charge in [0.1, 0.15) is 0 Å². The minimum Gasteiger partial charge on any atom is -0.478 e. The molecular formula is C16H27N3O. The van der Waals surface area contributed by atoms with Gasteiger partial charge in [0.05, 0.1) is 18.5 Å². The van der Waals surface area contributed by atoms with E-state index in [0.29, 0.717) is 18.5 Å². The van der Waals surface area contributed by atoms with E-state index in [0.717, 1.165) is 11.6 Å². The second-order valence-electron chi connectivity index (χ2n) is 5.93. The van der Waals surface area contributed by atoms with Gasteiger partial charge in [0.15, 0.2) is 0 Å². The van der Waals surface area contributed by atoms with Crippen LogP contribution in [0.1, 0.15) is 33.6 Å². The summed E-state index contributed by atoms with van der Waals surface area (Å²) in [5, 5.41) is 3.58. The molecule has 1 aliphatic heterocycles. The van der Waals surface area contributed by atoms with Gasteiger partial charge in [0, 0.05) is 31.7 Å². The van der Waals surface area contributed by atoms with E-state index in [4.69, 9.17) is 4.74 Å². The van der Waals surface area contributed by atoms with Crippen LogP contribution in [-0.4, -0.2) is 42.2 Å². The van der Waals surface area contributed by atoms with Crippen molar-refractivity contribution in [2.24, 2.45) is 5.92 Å². The van der Waals surface area contributed by atoms with Gasteiger partial charge in [-0.2, -0.15) is 0 Å². The quantitative estimate of drug-likeness (QED) is 0.867. The molecule has 0 unspecified atom stereocenters. The second-order valence-corrected chi connectivity index (χ2v) is 5.93. The molecule has 1 aliphatic rings. The zero-order valence-electron chi connectivity index (χ0n) is 12.9. The Balaban J connectivity index is 1.77. The lowest BCUT2D eigenvalue weighted by Crippen LogP contribution is -2.40. The Hall–Kier alpha value is -1.29. The van der Waals surface area contributed by atoms with E-state index in [1.807, 2.05) is 19.2 Å². The van der Waals surface area contributed by atoms with Gasteiger partial charge >= 0.3 is 0 Å². The molecule has 0 aromatic carbocycles. The van der Waals surface area contributed by atoms with E-state index in [1.165, 1.54) is 32.5 Å². The van der Waals surface area contributed by atoms with E-state index in [1.54, 1.807) is 0 Å². The van der Waals surface area contributed by atoms with Crippen LogP contribution in [0.2, 0.25) is 0 Å². The molecule has 2 rings (SSSR count). The molecule has 0 saturated carbocycles. The fourth-order valence-electron chi connectivity index (χ4n) is 2.71. The number of nitrogens with one attached hydrogen (secondary N) is 1. The maximum Gasteiger partial charge on any atom is 0.213 e. The van der Waals surface area contributed by atoms with Crippen molar-refractivity contribution < 1.29 is 4.74 Å². The molecule has 0 aliphatic carbocycles. The first-order chi connectivity index (χ1) is 9.67. The summed E-state index contributed by atoms with van der Waals surface area (Å²) >= 11 is 0. The first kappa shape index (κ1) is 15.1. The van der Waals surface area contributed by atoms with Crippen molar-refractivity contribution in [3.05, 3.63) is 18.3 Å². The predicted octanol–water partition coefficient (Wildman–Crippen LogP) is 3.01. The second kappa shape index (κ2) is 7.48. The molecule has 0 amide bonds. The molecule has 1 aromatic heterocycles. The molecule has 0 atom stereocenters. The Bertz CT molecular complexity index is 383. The average Bonchev–Trinajstić information content (AvgIpc) is 2.43.